The van der Waals surface area contributed by atoms with Crippen molar-refractivity contribution in [3.05, 3.63) is 45.3 Å². The third-order valence-corrected chi connectivity index (χ3v) is 3.48. The third-order valence-electron chi connectivity index (χ3n) is 2.03. The minimum absolute atomic E-state index is 0.249. The number of anilines is 1. The number of rotatable bonds is 3. The number of hydrogen-bond donors (Lipinski definition) is 1. The predicted molar refractivity (Wildman–Crippen MR) is 68.3 cm³/mol. The smallest absolute Gasteiger partial charge is 0.115 e. The summed E-state index contributed by atoms with van der Waals surface area (Å²) >= 11 is 5.12. The molecule has 0 aliphatic rings. The van der Waals surface area contributed by atoms with Gasteiger partial charge >= 0.3 is 0 Å². The summed E-state index contributed by atoms with van der Waals surface area (Å²) < 4.78 is 1.08. The number of hydrogen-bond acceptors (Lipinski definition) is 3. The molecule has 0 aliphatic heterocycles. The van der Waals surface area contributed by atoms with E-state index in [1.54, 1.807) is 11.3 Å². The Kier molecular flexibility index (Phi) is 3.38. The Morgan fingerprint density at radius 2 is 2.33 bits per heavy atom. The Balaban J connectivity index is 2.09. The molecule has 1 unspecified atom stereocenters. The lowest BCUT2D eigenvalue weighted by molar-refractivity contribution is 0.870. The number of nitrogens with zero attached hydrogens (tertiary/aromatic N) is 1. The van der Waals surface area contributed by atoms with Crippen molar-refractivity contribution >= 4 is 33.0 Å². The van der Waals surface area contributed by atoms with Crippen LogP contribution in [0.2, 0.25) is 0 Å². The van der Waals surface area contributed by atoms with Gasteiger partial charge in [0.2, 0.25) is 0 Å². The number of aromatic nitrogens is 1. The highest BCUT2D eigenvalue weighted by Gasteiger charge is 2.07. The first-order valence-corrected chi connectivity index (χ1v) is 6.34. The van der Waals surface area contributed by atoms with Crippen LogP contribution in [0.1, 0.15) is 18.0 Å². The highest BCUT2D eigenvalue weighted by atomic mass is 79.9. The second kappa shape index (κ2) is 4.77. The van der Waals surface area contributed by atoms with Gasteiger partial charge in [-0.2, -0.15) is 0 Å². The van der Waals surface area contributed by atoms with Crippen LogP contribution in [0.25, 0.3) is 0 Å². The molecule has 0 saturated carbocycles. The molecular weight excluding hydrogens is 272 g/mol. The SMILES string of the molecule is CC(Nc1cccc(Br)c1)c1nccs1. The van der Waals surface area contributed by atoms with Crippen LogP contribution < -0.4 is 5.32 Å². The van der Waals surface area contributed by atoms with Crippen LogP contribution in [0.3, 0.4) is 0 Å². The molecule has 1 aromatic heterocycles. The molecule has 78 valence electrons. The van der Waals surface area contributed by atoms with E-state index in [0.29, 0.717) is 0 Å². The first kappa shape index (κ1) is 10.6. The number of thiazole rings is 1. The van der Waals surface area contributed by atoms with E-state index >= 15 is 0 Å². The van der Waals surface area contributed by atoms with E-state index in [1.807, 2.05) is 23.7 Å². The lowest BCUT2D eigenvalue weighted by Gasteiger charge is -2.12. The molecule has 1 aromatic carbocycles. The van der Waals surface area contributed by atoms with Crippen molar-refractivity contribution in [2.24, 2.45) is 0 Å². The first-order valence-electron chi connectivity index (χ1n) is 4.67. The molecule has 4 heteroatoms. The minimum atomic E-state index is 0.249. The zero-order chi connectivity index (χ0) is 10.7. The Hall–Kier alpha value is -0.870. The predicted octanol–water partition coefficient (Wildman–Crippen LogP) is 4.08. The number of nitrogens with one attached hydrogen (secondary N) is 1. The van der Waals surface area contributed by atoms with Gasteiger partial charge in [0, 0.05) is 21.7 Å². The van der Waals surface area contributed by atoms with Crippen LogP contribution in [0.15, 0.2) is 40.3 Å². The Morgan fingerprint density at radius 1 is 1.47 bits per heavy atom. The summed E-state index contributed by atoms with van der Waals surface area (Å²) in [5, 5.41) is 6.50. The molecule has 0 radical (unpaired) electrons. The second-order valence-corrected chi connectivity index (χ2v) is 5.09. The molecular formula is C11H11BrN2S. The van der Waals surface area contributed by atoms with E-state index in [-0.39, 0.29) is 6.04 Å². The highest BCUT2D eigenvalue weighted by molar-refractivity contribution is 9.10. The number of halogens is 1. The number of benzene rings is 1. The van der Waals surface area contributed by atoms with Crippen LogP contribution in [-0.4, -0.2) is 4.98 Å². The van der Waals surface area contributed by atoms with Crippen LogP contribution in [-0.2, 0) is 0 Å². The maximum absolute atomic E-state index is 4.28. The second-order valence-electron chi connectivity index (χ2n) is 3.25. The summed E-state index contributed by atoms with van der Waals surface area (Å²) in [5.74, 6) is 0. The lowest BCUT2D eigenvalue weighted by Crippen LogP contribution is -2.05. The summed E-state index contributed by atoms with van der Waals surface area (Å²) in [6.07, 6.45) is 1.83. The maximum atomic E-state index is 4.28. The molecule has 1 heterocycles. The highest BCUT2D eigenvalue weighted by Crippen LogP contribution is 2.22. The molecule has 1 atom stereocenters. The van der Waals surface area contributed by atoms with E-state index in [0.717, 1.165) is 15.2 Å². The van der Waals surface area contributed by atoms with Crippen LogP contribution in [0.5, 0.6) is 0 Å². The average molecular weight is 283 g/mol. The van der Waals surface area contributed by atoms with Crippen LogP contribution in [0.4, 0.5) is 5.69 Å². The average Bonchev–Trinajstić information content (AvgIpc) is 2.70. The fraction of sp³-hybridized carbons (Fsp3) is 0.182. The summed E-state index contributed by atoms with van der Waals surface area (Å²) in [5.41, 5.74) is 1.10. The summed E-state index contributed by atoms with van der Waals surface area (Å²) in [7, 11) is 0. The first-order chi connectivity index (χ1) is 7.25. The Labute approximate surface area is 101 Å². The molecule has 2 nitrogen and oxygen atoms in total. The van der Waals surface area contributed by atoms with Gasteiger partial charge in [-0.15, -0.1) is 11.3 Å². The van der Waals surface area contributed by atoms with Crippen LogP contribution >= 0.6 is 27.3 Å². The molecule has 0 amide bonds. The molecule has 1 N–H and O–H groups in total. The van der Waals surface area contributed by atoms with Gasteiger partial charge in [0.25, 0.3) is 0 Å². The minimum Gasteiger partial charge on any atom is -0.376 e. The third kappa shape index (κ3) is 2.79. The van der Waals surface area contributed by atoms with E-state index in [1.165, 1.54) is 0 Å². The fourth-order valence-electron chi connectivity index (χ4n) is 1.34. The summed E-state index contributed by atoms with van der Waals surface area (Å²) in [6.45, 7) is 2.11. The lowest BCUT2D eigenvalue weighted by atomic mass is 10.3. The molecule has 15 heavy (non-hydrogen) atoms. The van der Waals surface area contributed by atoms with Crippen molar-refractivity contribution in [1.29, 1.82) is 0 Å². The topological polar surface area (TPSA) is 24.9 Å². The zero-order valence-corrected chi connectivity index (χ0v) is 10.7. The monoisotopic (exact) mass is 282 g/mol. The quantitative estimate of drug-likeness (QED) is 0.918. The Morgan fingerprint density at radius 3 is 3.00 bits per heavy atom. The molecule has 0 aliphatic carbocycles. The maximum Gasteiger partial charge on any atom is 0.115 e. The molecule has 2 rings (SSSR count). The van der Waals surface area contributed by atoms with Crippen molar-refractivity contribution in [1.82, 2.24) is 4.98 Å². The van der Waals surface area contributed by atoms with Gasteiger partial charge in [0.15, 0.2) is 0 Å². The standard InChI is InChI=1S/C11H11BrN2S/c1-8(11-13-5-6-15-11)14-10-4-2-3-9(12)7-10/h2-8,14H,1H3. The van der Waals surface area contributed by atoms with Crippen LogP contribution in [0, 0.1) is 0 Å². The van der Waals surface area contributed by atoms with Gasteiger partial charge in [-0.25, -0.2) is 4.98 Å². The normalized spacial score (nSPS) is 12.4. The summed E-state index contributed by atoms with van der Waals surface area (Å²) in [4.78, 5) is 4.28. The van der Waals surface area contributed by atoms with Crippen molar-refractivity contribution in [3.8, 4) is 0 Å². The molecule has 0 spiro atoms. The molecule has 0 fully saturated rings. The molecule has 2 aromatic rings. The Bertz CT molecular complexity index is 428. The van der Waals surface area contributed by atoms with E-state index in [4.69, 9.17) is 0 Å². The van der Waals surface area contributed by atoms with Crippen molar-refractivity contribution < 1.29 is 0 Å². The van der Waals surface area contributed by atoms with Crippen molar-refractivity contribution in [2.45, 2.75) is 13.0 Å². The van der Waals surface area contributed by atoms with Gasteiger partial charge < -0.3 is 5.32 Å². The summed E-state index contributed by atoms with van der Waals surface area (Å²) in [6, 6.07) is 8.39. The van der Waals surface area contributed by atoms with E-state index < -0.39 is 0 Å². The molecule has 0 bridgehead atoms. The van der Waals surface area contributed by atoms with Crippen molar-refractivity contribution in [3.63, 3.8) is 0 Å². The molecule has 0 saturated heterocycles. The van der Waals surface area contributed by atoms with Gasteiger partial charge in [0.05, 0.1) is 6.04 Å². The van der Waals surface area contributed by atoms with E-state index in [9.17, 15) is 0 Å². The van der Waals surface area contributed by atoms with Crippen molar-refractivity contribution in [2.75, 3.05) is 5.32 Å². The van der Waals surface area contributed by atoms with Gasteiger partial charge in [-0.05, 0) is 25.1 Å². The van der Waals surface area contributed by atoms with Gasteiger partial charge in [0.1, 0.15) is 5.01 Å². The zero-order valence-electron chi connectivity index (χ0n) is 8.27. The van der Waals surface area contributed by atoms with Gasteiger partial charge in [-0.1, -0.05) is 22.0 Å². The van der Waals surface area contributed by atoms with Gasteiger partial charge in [-0.3, -0.25) is 0 Å². The largest absolute Gasteiger partial charge is 0.376 e. The van der Waals surface area contributed by atoms with E-state index in [2.05, 4.69) is 45.3 Å². The fourth-order valence-corrected chi connectivity index (χ4v) is 2.38.